The van der Waals surface area contributed by atoms with E-state index in [9.17, 15) is 13.2 Å². The Labute approximate surface area is 154 Å². The van der Waals surface area contributed by atoms with E-state index in [1.807, 2.05) is 32.0 Å². The number of ether oxygens (including phenoxy) is 1. The van der Waals surface area contributed by atoms with Crippen LogP contribution in [0.1, 0.15) is 21.5 Å². The maximum absolute atomic E-state index is 12.2. The van der Waals surface area contributed by atoms with Crippen molar-refractivity contribution in [2.75, 3.05) is 30.8 Å². The molecule has 1 N–H and O–H groups in total. The van der Waals surface area contributed by atoms with Crippen LogP contribution in [0.5, 0.6) is 5.75 Å². The average Bonchev–Trinajstić information content (AvgIpc) is 2.60. The lowest BCUT2D eigenvalue weighted by Crippen LogP contribution is -2.38. The Morgan fingerprint density at radius 2 is 1.77 bits per heavy atom. The molecule has 0 aliphatic rings. The Kier molecular flexibility index (Phi) is 6.26. The van der Waals surface area contributed by atoms with Crippen LogP contribution in [0.3, 0.4) is 0 Å². The number of benzene rings is 2. The molecule has 0 atom stereocenters. The molecule has 6 nitrogen and oxygen atoms in total. The van der Waals surface area contributed by atoms with Gasteiger partial charge in [-0.05, 0) is 55.3 Å². The minimum absolute atomic E-state index is 0.158. The number of methoxy groups -OCH3 is 1. The fourth-order valence-electron chi connectivity index (χ4n) is 2.57. The van der Waals surface area contributed by atoms with Gasteiger partial charge in [0.1, 0.15) is 5.75 Å². The molecule has 0 aromatic heterocycles. The van der Waals surface area contributed by atoms with Crippen molar-refractivity contribution in [2.24, 2.45) is 0 Å². The number of sulfonamides is 1. The van der Waals surface area contributed by atoms with Crippen molar-refractivity contribution >= 4 is 21.6 Å². The largest absolute Gasteiger partial charge is 0.497 e. The number of hydrogen-bond acceptors (Lipinski definition) is 4. The normalized spacial score (nSPS) is 11.1. The summed E-state index contributed by atoms with van der Waals surface area (Å²) in [5.74, 6) is 0.404. The maximum atomic E-state index is 12.2. The van der Waals surface area contributed by atoms with Gasteiger partial charge in [0.15, 0.2) is 0 Å². The van der Waals surface area contributed by atoms with Crippen LogP contribution in [0.4, 0.5) is 5.69 Å². The highest BCUT2D eigenvalue weighted by Gasteiger charge is 2.19. The molecular weight excluding hydrogens is 352 g/mol. The molecule has 1 amide bonds. The molecule has 0 unspecified atom stereocenters. The molecule has 2 aromatic rings. The van der Waals surface area contributed by atoms with Crippen molar-refractivity contribution in [3.05, 3.63) is 59.2 Å². The number of carbonyl (C=O) groups is 1. The molecule has 7 heteroatoms. The number of amides is 1. The van der Waals surface area contributed by atoms with Crippen LogP contribution < -0.4 is 14.4 Å². The summed E-state index contributed by atoms with van der Waals surface area (Å²) in [7, 11) is -1.91. The molecule has 0 fully saturated rings. The van der Waals surface area contributed by atoms with Gasteiger partial charge in [-0.2, -0.15) is 0 Å². The molecule has 0 bridgehead atoms. The summed E-state index contributed by atoms with van der Waals surface area (Å²) in [6, 6.07) is 12.4. The molecule has 140 valence electrons. The van der Waals surface area contributed by atoms with Gasteiger partial charge >= 0.3 is 0 Å². The molecule has 26 heavy (non-hydrogen) atoms. The number of nitrogens with one attached hydrogen (secondary N) is 1. The zero-order valence-corrected chi connectivity index (χ0v) is 16.3. The monoisotopic (exact) mass is 376 g/mol. The Hall–Kier alpha value is -2.54. The third kappa shape index (κ3) is 4.98. The topological polar surface area (TPSA) is 75.7 Å². The van der Waals surface area contributed by atoms with Gasteiger partial charge < -0.3 is 10.1 Å². The van der Waals surface area contributed by atoms with Crippen LogP contribution >= 0.6 is 0 Å². The molecule has 0 aliphatic carbocycles. The lowest BCUT2D eigenvalue weighted by molar-refractivity contribution is 0.0955. The number of rotatable bonds is 7. The number of anilines is 1. The molecule has 0 saturated heterocycles. The van der Waals surface area contributed by atoms with E-state index in [1.54, 1.807) is 31.4 Å². The lowest BCUT2D eigenvalue weighted by Gasteiger charge is -2.24. The van der Waals surface area contributed by atoms with Gasteiger partial charge in [-0.15, -0.1) is 0 Å². The average molecular weight is 376 g/mol. The smallest absolute Gasteiger partial charge is 0.251 e. The van der Waals surface area contributed by atoms with E-state index < -0.39 is 10.0 Å². The van der Waals surface area contributed by atoms with E-state index in [1.165, 1.54) is 10.6 Å². The zero-order chi connectivity index (χ0) is 19.3. The Morgan fingerprint density at radius 1 is 1.12 bits per heavy atom. The summed E-state index contributed by atoms with van der Waals surface area (Å²) >= 11 is 0. The van der Waals surface area contributed by atoms with Crippen molar-refractivity contribution in [1.82, 2.24) is 5.32 Å². The quantitative estimate of drug-likeness (QED) is 0.806. The van der Waals surface area contributed by atoms with Crippen LogP contribution in [0.25, 0.3) is 0 Å². The van der Waals surface area contributed by atoms with Gasteiger partial charge in [0.25, 0.3) is 5.91 Å². The van der Waals surface area contributed by atoms with E-state index in [4.69, 9.17) is 4.74 Å². The fourth-order valence-corrected chi connectivity index (χ4v) is 3.55. The van der Waals surface area contributed by atoms with Crippen molar-refractivity contribution < 1.29 is 17.9 Å². The highest BCUT2D eigenvalue weighted by Crippen LogP contribution is 2.23. The second-order valence-corrected chi connectivity index (χ2v) is 8.02. The standard InChI is InChI=1S/C19H24N2O4S/c1-14-5-6-15(2)18(13-14)21(26(4,23)24)12-11-20-19(22)16-7-9-17(25-3)10-8-16/h5-10,13H,11-12H2,1-4H3,(H,20,22). The first-order valence-electron chi connectivity index (χ1n) is 8.19. The van der Waals surface area contributed by atoms with Crippen molar-refractivity contribution in [3.63, 3.8) is 0 Å². The van der Waals surface area contributed by atoms with E-state index in [2.05, 4.69) is 5.32 Å². The van der Waals surface area contributed by atoms with E-state index in [-0.39, 0.29) is 19.0 Å². The Balaban J connectivity index is 2.08. The maximum Gasteiger partial charge on any atom is 0.251 e. The van der Waals surface area contributed by atoms with Crippen molar-refractivity contribution in [2.45, 2.75) is 13.8 Å². The summed E-state index contributed by atoms with van der Waals surface area (Å²) in [6.07, 6.45) is 1.17. The summed E-state index contributed by atoms with van der Waals surface area (Å²) in [5.41, 5.74) is 2.96. The van der Waals surface area contributed by atoms with Gasteiger partial charge in [-0.3, -0.25) is 9.10 Å². The summed E-state index contributed by atoms with van der Waals surface area (Å²) in [6.45, 7) is 4.13. The van der Waals surface area contributed by atoms with Crippen molar-refractivity contribution in [1.29, 1.82) is 0 Å². The van der Waals surface area contributed by atoms with Crippen LogP contribution in [0, 0.1) is 13.8 Å². The van der Waals surface area contributed by atoms with Gasteiger partial charge in [0.05, 0.1) is 25.6 Å². The van der Waals surface area contributed by atoms with Gasteiger partial charge in [0, 0.05) is 12.1 Å². The lowest BCUT2D eigenvalue weighted by atomic mass is 10.1. The minimum Gasteiger partial charge on any atom is -0.497 e. The number of carbonyl (C=O) groups excluding carboxylic acids is 1. The Morgan fingerprint density at radius 3 is 2.35 bits per heavy atom. The molecule has 0 radical (unpaired) electrons. The second kappa shape index (κ2) is 8.23. The van der Waals surface area contributed by atoms with Gasteiger partial charge in [0.2, 0.25) is 10.0 Å². The third-order valence-electron chi connectivity index (χ3n) is 3.99. The van der Waals surface area contributed by atoms with E-state index >= 15 is 0 Å². The summed E-state index contributed by atoms with van der Waals surface area (Å²) in [5, 5.41) is 2.76. The molecule has 0 spiro atoms. The zero-order valence-electron chi connectivity index (χ0n) is 15.4. The predicted octanol–water partition coefficient (Wildman–Crippen LogP) is 2.51. The second-order valence-electron chi connectivity index (χ2n) is 6.11. The minimum atomic E-state index is -3.46. The van der Waals surface area contributed by atoms with Crippen LogP contribution in [-0.4, -0.2) is 40.8 Å². The summed E-state index contributed by atoms with van der Waals surface area (Å²) < 4.78 is 30.8. The first-order chi connectivity index (χ1) is 12.2. The van der Waals surface area contributed by atoms with Crippen molar-refractivity contribution in [3.8, 4) is 5.75 Å². The van der Waals surface area contributed by atoms with Crippen LogP contribution in [0.2, 0.25) is 0 Å². The van der Waals surface area contributed by atoms with Crippen LogP contribution in [0.15, 0.2) is 42.5 Å². The highest BCUT2D eigenvalue weighted by atomic mass is 32.2. The van der Waals surface area contributed by atoms with Gasteiger partial charge in [-0.25, -0.2) is 8.42 Å². The number of aryl methyl sites for hydroxylation is 2. The number of nitrogens with zero attached hydrogens (tertiary/aromatic N) is 1. The first-order valence-corrected chi connectivity index (χ1v) is 10.0. The number of hydrogen-bond donors (Lipinski definition) is 1. The van der Waals surface area contributed by atoms with E-state index in [0.29, 0.717) is 17.0 Å². The molecular formula is C19H24N2O4S. The third-order valence-corrected chi connectivity index (χ3v) is 5.17. The fraction of sp³-hybridized carbons (Fsp3) is 0.316. The SMILES string of the molecule is COc1ccc(C(=O)NCCN(c2cc(C)ccc2C)S(C)(=O)=O)cc1. The predicted molar refractivity (Wildman–Crippen MR) is 103 cm³/mol. The highest BCUT2D eigenvalue weighted by molar-refractivity contribution is 7.92. The molecule has 0 saturated carbocycles. The first kappa shape index (κ1) is 19.8. The molecule has 0 aliphatic heterocycles. The molecule has 2 aromatic carbocycles. The van der Waals surface area contributed by atoms with Crippen LogP contribution in [-0.2, 0) is 10.0 Å². The summed E-state index contributed by atoms with van der Waals surface area (Å²) in [4.78, 5) is 12.2. The molecule has 0 heterocycles. The Bertz CT molecular complexity index is 877. The van der Waals surface area contributed by atoms with Gasteiger partial charge in [-0.1, -0.05) is 12.1 Å². The molecule has 2 rings (SSSR count). The van der Waals surface area contributed by atoms with E-state index in [0.717, 1.165) is 11.1 Å².